The predicted molar refractivity (Wildman–Crippen MR) is 164 cm³/mol. The maximum Gasteiger partial charge on any atom is 1.20 e. The van der Waals surface area contributed by atoms with E-state index in [0.29, 0.717) is 17.2 Å². The van der Waals surface area contributed by atoms with E-state index in [9.17, 15) is 0 Å². The van der Waals surface area contributed by atoms with E-state index in [1.807, 2.05) is 131 Å². The van der Waals surface area contributed by atoms with Crippen LogP contribution in [0, 0.1) is 13.8 Å². The number of fused-ring (bicyclic) bond motifs is 2. The predicted octanol–water partition coefficient (Wildman–Crippen LogP) is 8.61. The number of rotatable bonds is 7. The third kappa shape index (κ3) is 6.26. The average molecular weight is 543 g/mol. The fraction of sp³-hybridized carbons (Fsp3) is 0.118. The first-order valence-electron chi connectivity index (χ1n) is 13.5. The van der Waals surface area contributed by atoms with Crippen molar-refractivity contribution in [2.75, 3.05) is 0 Å². The van der Waals surface area contributed by atoms with E-state index in [4.69, 9.17) is 21.3 Å². The van der Waals surface area contributed by atoms with Crippen molar-refractivity contribution in [2.45, 2.75) is 27.7 Å². The molecular formula is C34H31AlN2O3. The summed E-state index contributed by atoms with van der Waals surface area (Å²) in [5.41, 5.74) is 5.65. The third-order valence-electron chi connectivity index (χ3n) is 6.29. The summed E-state index contributed by atoms with van der Waals surface area (Å²) in [5, 5.41) is 1.99. The molecule has 0 saturated heterocycles. The van der Waals surface area contributed by atoms with Crippen LogP contribution in [0.2, 0.25) is 0 Å². The number of aromatic nitrogens is 2. The smallest absolute Gasteiger partial charge is 0.577 e. The molecule has 0 aliphatic heterocycles. The van der Waals surface area contributed by atoms with Gasteiger partial charge < -0.3 is 11.4 Å². The van der Waals surface area contributed by atoms with Gasteiger partial charge in [-0.05, 0) is 61.4 Å². The zero-order valence-corrected chi connectivity index (χ0v) is 24.3. The van der Waals surface area contributed by atoms with Crippen LogP contribution in [-0.2, 0) is 0 Å². The number of benzene rings is 4. The normalized spacial score (nSPS) is 10.5. The van der Waals surface area contributed by atoms with E-state index in [0.717, 1.165) is 44.3 Å². The molecule has 0 saturated carbocycles. The highest BCUT2D eigenvalue weighted by atomic mass is 27.3. The van der Waals surface area contributed by atoms with Crippen molar-refractivity contribution in [3.63, 3.8) is 0 Å². The molecular weight excluding hydrogens is 511 g/mol. The maximum absolute atomic E-state index is 6.49. The molecule has 2 aromatic heterocycles. The van der Waals surface area contributed by atoms with E-state index in [1.54, 1.807) is 0 Å². The molecule has 0 amide bonds. The van der Waals surface area contributed by atoms with Crippen molar-refractivity contribution >= 4 is 37.0 Å². The molecule has 40 heavy (non-hydrogen) atoms. The molecule has 6 heteroatoms. The van der Waals surface area contributed by atoms with Gasteiger partial charge in [-0.2, -0.15) is 0 Å². The number of hydrogen-bond acceptors (Lipinski definition) is 5. The second-order valence-corrected chi connectivity index (χ2v) is 10.4. The minimum atomic E-state index is -2.83. The van der Waals surface area contributed by atoms with Crippen LogP contribution in [0.25, 0.3) is 32.9 Å². The first-order chi connectivity index (χ1) is 19.6. The molecule has 6 rings (SSSR count). The molecule has 198 valence electrons. The van der Waals surface area contributed by atoms with Gasteiger partial charge >= 0.3 is 15.1 Å². The highest BCUT2D eigenvalue weighted by Crippen LogP contribution is 2.29. The van der Waals surface area contributed by atoms with E-state index >= 15 is 0 Å². The van der Waals surface area contributed by atoms with E-state index in [2.05, 4.69) is 12.1 Å². The lowest BCUT2D eigenvalue weighted by atomic mass is 10.1. The molecule has 2 heterocycles. The third-order valence-corrected chi connectivity index (χ3v) is 7.64. The van der Waals surface area contributed by atoms with Gasteiger partial charge in [0.1, 0.15) is 22.5 Å². The van der Waals surface area contributed by atoms with Gasteiger partial charge in [0, 0.05) is 22.2 Å². The summed E-state index contributed by atoms with van der Waals surface area (Å²) in [6.07, 6.45) is 0. The van der Waals surface area contributed by atoms with Crippen molar-refractivity contribution in [3.05, 3.63) is 127 Å². The van der Waals surface area contributed by atoms with Crippen LogP contribution >= 0.6 is 0 Å². The topological polar surface area (TPSA) is 53.5 Å². The van der Waals surface area contributed by atoms with Crippen LogP contribution in [0.4, 0.5) is 0 Å². The molecule has 6 aromatic rings. The van der Waals surface area contributed by atoms with Crippen molar-refractivity contribution in [3.8, 4) is 28.4 Å². The SMILES string of the molecule is CC.Cc1ccc2cccc([O][Al]([O]c3ccc(-c4ccccc4)cc3)[O]c3cccc4ccc(C)nc34)c2n1. The minimum absolute atomic E-state index is 0.633. The second-order valence-electron chi connectivity index (χ2n) is 9.09. The van der Waals surface area contributed by atoms with Crippen molar-refractivity contribution in [1.82, 2.24) is 9.97 Å². The van der Waals surface area contributed by atoms with E-state index in [1.165, 1.54) is 0 Å². The molecule has 0 radical (unpaired) electrons. The monoisotopic (exact) mass is 542 g/mol. The van der Waals surface area contributed by atoms with Gasteiger partial charge in [0.2, 0.25) is 0 Å². The van der Waals surface area contributed by atoms with Gasteiger partial charge in [0.05, 0.1) is 5.75 Å². The van der Waals surface area contributed by atoms with Crippen LogP contribution in [0.1, 0.15) is 25.2 Å². The summed E-state index contributed by atoms with van der Waals surface area (Å²) in [6, 6.07) is 38.1. The van der Waals surface area contributed by atoms with Crippen molar-refractivity contribution < 1.29 is 11.4 Å². The lowest BCUT2D eigenvalue weighted by Gasteiger charge is -2.18. The Morgan fingerprint density at radius 1 is 0.475 bits per heavy atom. The van der Waals surface area contributed by atoms with Gasteiger partial charge in [-0.3, -0.25) is 0 Å². The summed E-state index contributed by atoms with van der Waals surface area (Å²) in [6.45, 7) is 7.94. The molecule has 0 atom stereocenters. The van der Waals surface area contributed by atoms with E-state index in [-0.39, 0.29) is 0 Å². The Morgan fingerprint density at radius 3 is 1.50 bits per heavy atom. The summed E-state index contributed by atoms with van der Waals surface area (Å²) in [4.78, 5) is 9.45. The number of hydrogen-bond donors (Lipinski definition) is 0. The molecule has 5 nitrogen and oxygen atoms in total. The summed E-state index contributed by atoms with van der Waals surface area (Å²) < 4.78 is 19.4. The van der Waals surface area contributed by atoms with Crippen LogP contribution in [0.5, 0.6) is 17.2 Å². The van der Waals surface area contributed by atoms with Crippen LogP contribution in [-0.4, -0.2) is 25.1 Å². The lowest BCUT2D eigenvalue weighted by molar-refractivity contribution is 0.310. The molecule has 0 fully saturated rings. The average Bonchev–Trinajstić information content (AvgIpc) is 2.99. The Morgan fingerprint density at radius 2 is 0.975 bits per heavy atom. The lowest BCUT2D eigenvalue weighted by Crippen LogP contribution is -2.37. The van der Waals surface area contributed by atoms with Crippen molar-refractivity contribution in [1.29, 1.82) is 0 Å². The van der Waals surface area contributed by atoms with Gasteiger partial charge in [0.25, 0.3) is 0 Å². The van der Waals surface area contributed by atoms with Crippen LogP contribution in [0.15, 0.2) is 115 Å². The second kappa shape index (κ2) is 12.7. The molecule has 0 bridgehead atoms. The Labute approximate surface area is 240 Å². The number of para-hydroxylation sites is 2. The highest BCUT2D eigenvalue weighted by Gasteiger charge is 2.45. The Kier molecular flexibility index (Phi) is 8.61. The minimum Gasteiger partial charge on any atom is -0.577 e. The Bertz CT molecular complexity index is 1640. The standard InChI is InChI=1S/C12H10O.2C10H9NO.C2H6.Al/c13-12-8-6-11(7-9-12)10-4-2-1-3-5-10;2*1-7-5-6-8-3-2-4-9(12)10(8)11-7;1-2;/h1-9,13H;2*2-6,12H,1H3;1-2H3;/q;;;;+3/p-3. The molecule has 0 aliphatic carbocycles. The van der Waals surface area contributed by atoms with Gasteiger partial charge in [0.15, 0.2) is 0 Å². The van der Waals surface area contributed by atoms with Crippen LogP contribution in [0.3, 0.4) is 0 Å². The molecule has 0 spiro atoms. The van der Waals surface area contributed by atoms with Crippen molar-refractivity contribution in [2.24, 2.45) is 0 Å². The molecule has 0 unspecified atom stereocenters. The first kappa shape index (κ1) is 27.2. The van der Waals surface area contributed by atoms with Crippen LogP contribution < -0.4 is 11.4 Å². The molecule has 4 aromatic carbocycles. The fourth-order valence-corrected chi connectivity index (χ4v) is 5.69. The van der Waals surface area contributed by atoms with E-state index < -0.39 is 15.1 Å². The first-order valence-corrected chi connectivity index (χ1v) is 14.9. The van der Waals surface area contributed by atoms with Gasteiger partial charge in [-0.15, -0.1) is 0 Å². The Hall–Kier alpha value is -4.37. The maximum atomic E-state index is 6.49. The van der Waals surface area contributed by atoms with Gasteiger partial charge in [-0.25, -0.2) is 9.97 Å². The Balaban J connectivity index is 0.00000158. The zero-order valence-electron chi connectivity index (χ0n) is 23.2. The fourth-order valence-electron chi connectivity index (χ4n) is 4.37. The van der Waals surface area contributed by atoms with Gasteiger partial charge in [-0.1, -0.05) is 92.7 Å². The number of nitrogens with zero attached hydrogens (tertiary/aromatic N) is 2. The highest BCUT2D eigenvalue weighted by molar-refractivity contribution is 6.40. The quantitative estimate of drug-likeness (QED) is 0.189. The summed E-state index contributed by atoms with van der Waals surface area (Å²) in [5.74, 6) is 1.94. The largest absolute Gasteiger partial charge is 1.20 e. The number of pyridine rings is 2. The molecule has 0 N–H and O–H groups in total. The summed E-state index contributed by atoms with van der Waals surface area (Å²) in [7, 11) is 0. The number of aryl methyl sites for hydroxylation is 2. The summed E-state index contributed by atoms with van der Waals surface area (Å²) >= 11 is -2.83. The molecule has 0 aliphatic rings. The zero-order chi connectivity index (χ0) is 27.9.